The molecule has 2 aromatic rings. The van der Waals surface area contributed by atoms with E-state index in [0.717, 1.165) is 11.1 Å². The van der Waals surface area contributed by atoms with Crippen LogP contribution in [0.4, 0.5) is 0 Å². The molecule has 0 atom stereocenters. The van der Waals surface area contributed by atoms with Gasteiger partial charge in [0.25, 0.3) is 0 Å². The van der Waals surface area contributed by atoms with Crippen molar-refractivity contribution in [3.8, 4) is 17.2 Å². The highest BCUT2D eigenvalue weighted by Crippen LogP contribution is 2.22. The van der Waals surface area contributed by atoms with Gasteiger partial charge in [-0.25, -0.2) is 0 Å². The van der Waals surface area contributed by atoms with Crippen LogP contribution in [0.25, 0.3) is 11.1 Å². The van der Waals surface area contributed by atoms with Crippen LogP contribution in [0.1, 0.15) is 5.69 Å². The van der Waals surface area contributed by atoms with Gasteiger partial charge in [-0.1, -0.05) is 23.7 Å². The maximum absolute atomic E-state index is 8.65. The summed E-state index contributed by atoms with van der Waals surface area (Å²) in [6.07, 6.45) is 1.80. The van der Waals surface area contributed by atoms with E-state index in [2.05, 4.69) is 4.98 Å². The third-order valence-electron chi connectivity index (χ3n) is 1.96. The van der Waals surface area contributed by atoms with Gasteiger partial charge in [0.1, 0.15) is 11.8 Å². The Morgan fingerprint density at radius 3 is 2.71 bits per heavy atom. The lowest BCUT2D eigenvalue weighted by Gasteiger charge is -1.96. The lowest BCUT2D eigenvalue weighted by Crippen LogP contribution is -1.72. The molecule has 68 valence electrons. The predicted octanol–water partition coefficient (Wildman–Crippen LogP) is 3.21. The molecule has 0 saturated carbocycles. The van der Waals surface area contributed by atoms with Gasteiger partial charge in [0.15, 0.2) is 0 Å². The van der Waals surface area contributed by atoms with Gasteiger partial charge in [0, 0.05) is 16.8 Å². The largest absolute Gasteiger partial charge is 0.353 e. The number of rotatable bonds is 1. The molecule has 0 aliphatic rings. The molecule has 0 amide bonds. The van der Waals surface area contributed by atoms with E-state index in [9.17, 15) is 0 Å². The Balaban J connectivity index is 2.45. The van der Waals surface area contributed by atoms with Crippen LogP contribution in [0.5, 0.6) is 0 Å². The molecule has 1 N–H and O–H groups in total. The van der Waals surface area contributed by atoms with E-state index >= 15 is 0 Å². The normalized spacial score (nSPS) is 9.71. The van der Waals surface area contributed by atoms with E-state index < -0.39 is 0 Å². The van der Waals surface area contributed by atoms with Crippen molar-refractivity contribution < 1.29 is 0 Å². The number of benzene rings is 1. The standard InChI is InChI=1S/C11H7ClN2/c12-10-3-1-2-8(4-10)9-5-11(6-13)14-7-9/h1-5,7,14H. The number of hydrogen-bond acceptors (Lipinski definition) is 1. The summed E-state index contributed by atoms with van der Waals surface area (Å²) in [5.74, 6) is 0. The minimum atomic E-state index is 0.556. The summed E-state index contributed by atoms with van der Waals surface area (Å²) in [6.45, 7) is 0. The minimum absolute atomic E-state index is 0.556. The first-order chi connectivity index (χ1) is 6.79. The van der Waals surface area contributed by atoms with Gasteiger partial charge in [-0.3, -0.25) is 0 Å². The number of nitrogens with one attached hydrogen (secondary N) is 1. The fourth-order valence-electron chi connectivity index (χ4n) is 1.29. The first-order valence-corrected chi connectivity index (χ1v) is 4.52. The fourth-order valence-corrected chi connectivity index (χ4v) is 1.48. The fraction of sp³-hybridized carbons (Fsp3) is 0. The average molecular weight is 203 g/mol. The van der Waals surface area contributed by atoms with Crippen LogP contribution < -0.4 is 0 Å². The van der Waals surface area contributed by atoms with Crippen LogP contribution in [-0.4, -0.2) is 4.98 Å². The Labute approximate surface area is 86.8 Å². The molecule has 1 heterocycles. The number of H-pyrrole nitrogens is 1. The van der Waals surface area contributed by atoms with E-state index in [1.54, 1.807) is 12.3 Å². The Morgan fingerprint density at radius 2 is 2.07 bits per heavy atom. The lowest BCUT2D eigenvalue weighted by molar-refractivity contribution is 1.33. The topological polar surface area (TPSA) is 39.6 Å². The van der Waals surface area contributed by atoms with Crippen LogP contribution in [0.3, 0.4) is 0 Å². The second-order valence-electron chi connectivity index (χ2n) is 2.92. The van der Waals surface area contributed by atoms with Gasteiger partial charge in [-0.15, -0.1) is 0 Å². The van der Waals surface area contributed by atoms with Crippen LogP contribution in [0, 0.1) is 11.3 Å². The predicted molar refractivity (Wildman–Crippen MR) is 56.0 cm³/mol. The lowest BCUT2D eigenvalue weighted by atomic mass is 10.1. The van der Waals surface area contributed by atoms with E-state index in [1.165, 1.54) is 0 Å². The zero-order valence-corrected chi connectivity index (χ0v) is 8.05. The molecule has 2 nitrogen and oxygen atoms in total. The molecule has 0 aliphatic carbocycles. The molecule has 0 saturated heterocycles. The summed E-state index contributed by atoms with van der Waals surface area (Å²) in [5.41, 5.74) is 2.54. The van der Waals surface area contributed by atoms with Crippen molar-refractivity contribution in [2.75, 3.05) is 0 Å². The zero-order chi connectivity index (χ0) is 9.97. The SMILES string of the molecule is N#Cc1cc(-c2cccc(Cl)c2)c[nH]1. The second kappa shape index (κ2) is 3.57. The van der Waals surface area contributed by atoms with E-state index in [1.807, 2.05) is 30.3 Å². The van der Waals surface area contributed by atoms with Crippen LogP contribution in [0.2, 0.25) is 5.02 Å². The van der Waals surface area contributed by atoms with Crippen LogP contribution in [0.15, 0.2) is 36.5 Å². The smallest absolute Gasteiger partial charge is 0.118 e. The molecule has 2 rings (SSSR count). The molecular formula is C11H7ClN2. The van der Waals surface area contributed by atoms with Gasteiger partial charge in [0.05, 0.1) is 0 Å². The summed E-state index contributed by atoms with van der Waals surface area (Å²) >= 11 is 5.86. The molecule has 1 aromatic heterocycles. The van der Waals surface area contributed by atoms with Gasteiger partial charge >= 0.3 is 0 Å². The summed E-state index contributed by atoms with van der Waals surface area (Å²) < 4.78 is 0. The Kier molecular flexibility index (Phi) is 2.26. The number of aromatic nitrogens is 1. The highest BCUT2D eigenvalue weighted by atomic mass is 35.5. The second-order valence-corrected chi connectivity index (χ2v) is 3.36. The van der Waals surface area contributed by atoms with Crippen molar-refractivity contribution in [2.45, 2.75) is 0 Å². The quantitative estimate of drug-likeness (QED) is 0.758. The van der Waals surface area contributed by atoms with Crippen molar-refractivity contribution in [3.63, 3.8) is 0 Å². The third kappa shape index (κ3) is 1.63. The highest BCUT2D eigenvalue weighted by Gasteiger charge is 2.01. The maximum Gasteiger partial charge on any atom is 0.118 e. The van der Waals surface area contributed by atoms with Gasteiger partial charge in [-0.2, -0.15) is 5.26 Å². The van der Waals surface area contributed by atoms with Gasteiger partial charge in [-0.05, 0) is 23.8 Å². The number of nitriles is 1. The van der Waals surface area contributed by atoms with Crippen LogP contribution >= 0.6 is 11.6 Å². The Hall–Kier alpha value is -1.72. The maximum atomic E-state index is 8.65. The molecule has 0 aliphatic heterocycles. The molecule has 0 bridgehead atoms. The van der Waals surface area contributed by atoms with Gasteiger partial charge in [0.2, 0.25) is 0 Å². The molecule has 3 heteroatoms. The summed E-state index contributed by atoms with van der Waals surface area (Å²) in [7, 11) is 0. The number of aromatic amines is 1. The molecule has 0 radical (unpaired) electrons. The molecular weight excluding hydrogens is 196 g/mol. The Morgan fingerprint density at radius 1 is 1.21 bits per heavy atom. The van der Waals surface area contributed by atoms with E-state index in [4.69, 9.17) is 16.9 Å². The van der Waals surface area contributed by atoms with Crippen molar-refractivity contribution in [1.29, 1.82) is 5.26 Å². The van der Waals surface area contributed by atoms with Crippen molar-refractivity contribution in [2.24, 2.45) is 0 Å². The molecule has 1 aromatic carbocycles. The molecule has 14 heavy (non-hydrogen) atoms. The Bertz CT molecular complexity index is 494. The zero-order valence-electron chi connectivity index (χ0n) is 7.29. The monoisotopic (exact) mass is 202 g/mol. The molecule has 0 unspecified atom stereocenters. The average Bonchev–Trinajstić information content (AvgIpc) is 2.66. The number of hydrogen-bond donors (Lipinski definition) is 1. The summed E-state index contributed by atoms with van der Waals surface area (Å²) in [5, 5.41) is 9.34. The van der Waals surface area contributed by atoms with Gasteiger partial charge < -0.3 is 4.98 Å². The highest BCUT2D eigenvalue weighted by molar-refractivity contribution is 6.30. The van der Waals surface area contributed by atoms with E-state index in [-0.39, 0.29) is 0 Å². The third-order valence-corrected chi connectivity index (χ3v) is 2.20. The van der Waals surface area contributed by atoms with Crippen LogP contribution in [-0.2, 0) is 0 Å². The number of nitrogens with zero attached hydrogens (tertiary/aromatic N) is 1. The molecule has 0 fully saturated rings. The van der Waals surface area contributed by atoms with E-state index in [0.29, 0.717) is 10.7 Å². The first kappa shape index (κ1) is 8.86. The van der Waals surface area contributed by atoms with Crippen molar-refractivity contribution >= 4 is 11.6 Å². The molecule has 0 spiro atoms. The first-order valence-electron chi connectivity index (χ1n) is 4.14. The minimum Gasteiger partial charge on any atom is -0.353 e. The number of halogens is 1. The summed E-state index contributed by atoms with van der Waals surface area (Å²) in [4.78, 5) is 2.87. The van der Waals surface area contributed by atoms with Crippen molar-refractivity contribution in [1.82, 2.24) is 4.98 Å². The summed E-state index contributed by atoms with van der Waals surface area (Å²) in [6, 6.07) is 11.4. The van der Waals surface area contributed by atoms with Crippen molar-refractivity contribution in [3.05, 3.63) is 47.2 Å².